The van der Waals surface area contributed by atoms with E-state index in [4.69, 9.17) is 0 Å². The van der Waals surface area contributed by atoms with Gasteiger partial charge in [-0.2, -0.15) is 0 Å². The van der Waals surface area contributed by atoms with Crippen LogP contribution in [0.5, 0.6) is 0 Å². The van der Waals surface area contributed by atoms with Crippen molar-refractivity contribution in [2.24, 2.45) is 5.41 Å². The molecule has 0 unspecified atom stereocenters. The molecule has 1 rings (SSSR count). The van der Waals surface area contributed by atoms with Crippen LogP contribution in [-0.4, -0.2) is 4.57 Å². The lowest BCUT2D eigenvalue weighted by Gasteiger charge is -2.20. The smallest absolute Gasteiger partial charge is 0.0270 e. The molecular formula is C11H19N. The van der Waals surface area contributed by atoms with Gasteiger partial charge in [-0.15, -0.1) is 0 Å². The Morgan fingerprint density at radius 3 is 2.17 bits per heavy atom. The van der Waals surface area contributed by atoms with Crippen LogP contribution in [0.25, 0.3) is 0 Å². The summed E-state index contributed by atoms with van der Waals surface area (Å²) in [5.41, 5.74) is 3.09. The molecule has 0 aliphatic heterocycles. The van der Waals surface area contributed by atoms with Crippen molar-refractivity contribution in [3.05, 3.63) is 23.5 Å². The van der Waals surface area contributed by atoms with E-state index in [1.165, 1.54) is 11.3 Å². The molecule has 1 heteroatoms. The highest BCUT2D eigenvalue weighted by molar-refractivity contribution is 5.15. The van der Waals surface area contributed by atoms with Crippen LogP contribution in [0.2, 0.25) is 0 Å². The average Bonchev–Trinajstić information content (AvgIpc) is 2.06. The van der Waals surface area contributed by atoms with Crippen molar-refractivity contribution in [1.29, 1.82) is 0 Å². The number of rotatable bonds is 1. The van der Waals surface area contributed by atoms with Gasteiger partial charge in [0.15, 0.2) is 0 Å². The first-order chi connectivity index (χ1) is 5.38. The summed E-state index contributed by atoms with van der Waals surface area (Å²) in [6.07, 6.45) is 2.22. The van der Waals surface area contributed by atoms with E-state index in [1.54, 1.807) is 0 Å². The molecule has 1 heterocycles. The maximum absolute atomic E-state index is 2.33. The Labute approximate surface area is 75.4 Å². The quantitative estimate of drug-likeness (QED) is 0.602. The van der Waals surface area contributed by atoms with Crippen LogP contribution in [0.4, 0.5) is 0 Å². The van der Waals surface area contributed by atoms with Gasteiger partial charge in [0.25, 0.3) is 0 Å². The van der Waals surface area contributed by atoms with E-state index < -0.39 is 0 Å². The van der Waals surface area contributed by atoms with Crippen LogP contribution in [0.1, 0.15) is 32.0 Å². The van der Waals surface area contributed by atoms with Crippen molar-refractivity contribution in [1.82, 2.24) is 4.57 Å². The second kappa shape index (κ2) is 2.96. The third kappa shape index (κ3) is 2.40. The second-order valence-corrected chi connectivity index (χ2v) is 4.85. The second-order valence-electron chi connectivity index (χ2n) is 4.85. The van der Waals surface area contributed by atoms with Crippen LogP contribution >= 0.6 is 0 Å². The fraction of sp³-hybridized carbons (Fsp3) is 0.636. The van der Waals surface area contributed by atoms with Crippen molar-refractivity contribution in [3.8, 4) is 0 Å². The zero-order valence-electron chi connectivity index (χ0n) is 8.81. The van der Waals surface area contributed by atoms with Gasteiger partial charge in [0.05, 0.1) is 0 Å². The Hall–Kier alpha value is -0.720. The lowest BCUT2D eigenvalue weighted by Crippen LogP contribution is -2.15. The maximum atomic E-state index is 2.33. The van der Waals surface area contributed by atoms with Crippen LogP contribution in [0, 0.1) is 19.3 Å². The van der Waals surface area contributed by atoms with E-state index in [-0.39, 0.29) is 0 Å². The molecule has 0 N–H and O–H groups in total. The summed E-state index contributed by atoms with van der Waals surface area (Å²) >= 11 is 0. The van der Waals surface area contributed by atoms with Gasteiger partial charge >= 0.3 is 0 Å². The predicted octanol–water partition coefficient (Wildman–Crippen LogP) is 3.15. The topological polar surface area (TPSA) is 4.93 Å². The van der Waals surface area contributed by atoms with Crippen LogP contribution < -0.4 is 0 Å². The van der Waals surface area contributed by atoms with E-state index >= 15 is 0 Å². The summed E-state index contributed by atoms with van der Waals surface area (Å²) in [5, 5.41) is 0. The van der Waals surface area contributed by atoms with Gasteiger partial charge < -0.3 is 4.57 Å². The molecule has 0 saturated heterocycles. The molecule has 1 aromatic heterocycles. The number of hydrogen-bond donors (Lipinski definition) is 0. The molecular weight excluding hydrogens is 146 g/mol. The van der Waals surface area contributed by atoms with E-state index in [2.05, 4.69) is 51.4 Å². The molecule has 0 fully saturated rings. The third-order valence-electron chi connectivity index (χ3n) is 1.89. The zero-order chi connectivity index (χ0) is 9.35. The average molecular weight is 165 g/mol. The molecule has 0 atom stereocenters. The van der Waals surface area contributed by atoms with Crippen molar-refractivity contribution in [2.75, 3.05) is 0 Å². The molecule has 0 spiro atoms. The van der Waals surface area contributed by atoms with E-state index in [9.17, 15) is 0 Å². The Kier molecular flexibility index (Phi) is 2.31. The number of aryl methyl sites for hydroxylation is 2. The van der Waals surface area contributed by atoms with Gasteiger partial charge in [0.2, 0.25) is 0 Å². The van der Waals surface area contributed by atoms with Gasteiger partial charge in [-0.25, -0.2) is 0 Å². The predicted molar refractivity (Wildman–Crippen MR) is 53.4 cm³/mol. The largest absolute Gasteiger partial charge is 0.351 e. The fourth-order valence-corrected chi connectivity index (χ4v) is 1.48. The first-order valence-electron chi connectivity index (χ1n) is 4.52. The van der Waals surface area contributed by atoms with Crippen LogP contribution in [0.15, 0.2) is 12.3 Å². The normalized spacial score (nSPS) is 12.1. The number of aromatic nitrogens is 1. The van der Waals surface area contributed by atoms with Crippen molar-refractivity contribution in [3.63, 3.8) is 0 Å². The summed E-state index contributed by atoms with van der Waals surface area (Å²) in [5.74, 6) is 0. The minimum Gasteiger partial charge on any atom is -0.351 e. The van der Waals surface area contributed by atoms with Gasteiger partial charge in [-0.1, -0.05) is 20.8 Å². The first kappa shape index (κ1) is 9.37. The highest BCUT2D eigenvalue weighted by Gasteiger charge is 2.11. The summed E-state index contributed by atoms with van der Waals surface area (Å²) in [7, 11) is 0. The lowest BCUT2D eigenvalue weighted by atomic mass is 9.97. The highest BCUT2D eigenvalue weighted by atomic mass is 15.0. The molecule has 0 aliphatic carbocycles. The third-order valence-corrected chi connectivity index (χ3v) is 1.89. The Balaban J connectivity index is 2.82. The molecule has 0 amide bonds. The van der Waals surface area contributed by atoms with Gasteiger partial charge in [-0.05, 0) is 30.9 Å². The zero-order valence-corrected chi connectivity index (χ0v) is 8.81. The minimum atomic E-state index is 0.371. The van der Waals surface area contributed by atoms with E-state index in [0.29, 0.717) is 5.41 Å². The number of nitrogens with zero attached hydrogens (tertiary/aromatic N) is 1. The standard InChI is InChI=1S/C11H19N/c1-9-6-10(2)12(7-9)8-11(3,4)5/h6-7H,8H2,1-5H3. The van der Waals surface area contributed by atoms with Crippen LogP contribution in [-0.2, 0) is 6.54 Å². The van der Waals surface area contributed by atoms with Crippen molar-refractivity contribution < 1.29 is 0 Å². The molecule has 0 radical (unpaired) electrons. The molecule has 0 aliphatic rings. The van der Waals surface area contributed by atoms with E-state index in [1.807, 2.05) is 0 Å². The SMILES string of the molecule is Cc1cc(C)n(CC(C)(C)C)c1. The number of hydrogen-bond acceptors (Lipinski definition) is 0. The molecule has 0 saturated carbocycles. The molecule has 68 valence electrons. The van der Waals surface area contributed by atoms with Gasteiger partial charge in [0.1, 0.15) is 0 Å². The molecule has 1 nitrogen and oxygen atoms in total. The Bertz CT molecular complexity index is 263. The van der Waals surface area contributed by atoms with Crippen molar-refractivity contribution in [2.45, 2.75) is 41.2 Å². The molecule has 0 bridgehead atoms. The molecule has 0 aromatic carbocycles. The van der Waals surface area contributed by atoms with Crippen molar-refractivity contribution >= 4 is 0 Å². The highest BCUT2D eigenvalue weighted by Crippen LogP contribution is 2.18. The fourth-order valence-electron chi connectivity index (χ4n) is 1.48. The maximum Gasteiger partial charge on any atom is 0.0270 e. The summed E-state index contributed by atoms with van der Waals surface area (Å²) in [4.78, 5) is 0. The Morgan fingerprint density at radius 2 is 1.83 bits per heavy atom. The minimum absolute atomic E-state index is 0.371. The first-order valence-corrected chi connectivity index (χ1v) is 4.52. The summed E-state index contributed by atoms with van der Waals surface area (Å²) in [6.45, 7) is 12.2. The monoisotopic (exact) mass is 165 g/mol. The van der Waals surface area contributed by atoms with Gasteiger partial charge in [0, 0.05) is 18.4 Å². The molecule has 12 heavy (non-hydrogen) atoms. The van der Waals surface area contributed by atoms with Gasteiger partial charge in [-0.3, -0.25) is 0 Å². The lowest BCUT2D eigenvalue weighted by molar-refractivity contribution is 0.341. The molecule has 1 aromatic rings. The van der Waals surface area contributed by atoms with E-state index in [0.717, 1.165) is 6.54 Å². The van der Waals surface area contributed by atoms with Crippen LogP contribution in [0.3, 0.4) is 0 Å². The summed E-state index contributed by atoms with van der Waals surface area (Å²) < 4.78 is 2.33. The summed E-state index contributed by atoms with van der Waals surface area (Å²) in [6, 6.07) is 2.23. The Morgan fingerprint density at radius 1 is 1.25 bits per heavy atom.